The van der Waals surface area contributed by atoms with E-state index in [0.29, 0.717) is 17.5 Å². The number of para-hydroxylation sites is 1. The number of hydrogen-bond donors (Lipinski definition) is 0. The Bertz CT molecular complexity index is 2720. The van der Waals surface area contributed by atoms with Gasteiger partial charge in [0.05, 0.1) is 11.0 Å². The van der Waals surface area contributed by atoms with Gasteiger partial charge in [0.1, 0.15) is 11.2 Å². The Hall–Kier alpha value is -6.65. The van der Waals surface area contributed by atoms with E-state index in [0.717, 1.165) is 44.2 Å². The van der Waals surface area contributed by atoms with Gasteiger partial charge in [-0.15, -0.1) is 0 Å². The second kappa shape index (κ2) is 10.2. The van der Waals surface area contributed by atoms with Gasteiger partial charge in [0.25, 0.3) is 0 Å². The molecule has 2 heterocycles. The molecule has 2 aromatic heterocycles. The van der Waals surface area contributed by atoms with E-state index in [1.807, 2.05) is 60.7 Å². The van der Waals surface area contributed by atoms with E-state index in [1.165, 1.54) is 38.9 Å². The number of hydrogen-bond acceptors (Lipinski definition) is 4. The summed E-state index contributed by atoms with van der Waals surface area (Å²) in [4.78, 5) is 15.0. The number of nitrogens with zero attached hydrogens (tertiary/aromatic N) is 3. The van der Waals surface area contributed by atoms with E-state index in [2.05, 4.69) is 103 Å². The maximum atomic E-state index is 7.11. The standard InChI is InChI=1S/C46H27N3O/c1-3-14-28(15-4-1)43-47-44(29-16-5-2-6-17-29)49-45(48-43)35-22-13-21-32-33-26-27-39-40(42(33)50-41(32)35)34-20-9-12-25-38(34)46(39)36-23-10-7-18-30(36)31-19-8-11-24-37(31)46/h1-27H. The van der Waals surface area contributed by atoms with E-state index >= 15 is 0 Å². The molecular formula is C46H27N3O. The third kappa shape index (κ3) is 3.57. The van der Waals surface area contributed by atoms with Gasteiger partial charge in [-0.05, 0) is 45.0 Å². The molecule has 0 N–H and O–H groups in total. The summed E-state index contributed by atoms with van der Waals surface area (Å²) >= 11 is 0. The molecule has 0 saturated heterocycles. The van der Waals surface area contributed by atoms with E-state index in [9.17, 15) is 0 Å². The van der Waals surface area contributed by atoms with Gasteiger partial charge in [-0.1, -0.05) is 158 Å². The molecule has 1 spiro atoms. The van der Waals surface area contributed by atoms with E-state index in [4.69, 9.17) is 19.4 Å². The molecule has 11 rings (SSSR count). The Morgan fingerprint density at radius 2 is 0.820 bits per heavy atom. The fourth-order valence-electron chi connectivity index (χ4n) is 8.54. The van der Waals surface area contributed by atoms with E-state index in [-0.39, 0.29) is 0 Å². The average molecular weight is 638 g/mol. The molecule has 50 heavy (non-hydrogen) atoms. The van der Waals surface area contributed by atoms with Crippen LogP contribution < -0.4 is 0 Å². The first-order valence-corrected chi connectivity index (χ1v) is 17.0. The predicted octanol–water partition coefficient (Wildman–Crippen LogP) is 11.1. The molecule has 0 atom stereocenters. The fraction of sp³-hybridized carbons (Fsp3) is 0.0217. The first-order valence-electron chi connectivity index (χ1n) is 17.0. The zero-order valence-electron chi connectivity index (χ0n) is 26.8. The minimum Gasteiger partial charge on any atom is -0.455 e. The second-order valence-electron chi connectivity index (χ2n) is 13.1. The third-order valence-corrected chi connectivity index (χ3v) is 10.6. The molecule has 0 saturated carbocycles. The van der Waals surface area contributed by atoms with Crippen molar-refractivity contribution in [3.05, 3.63) is 186 Å². The molecule has 4 nitrogen and oxygen atoms in total. The molecule has 2 aliphatic carbocycles. The van der Waals surface area contributed by atoms with Crippen LogP contribution in [0.1, 0.15) is 22.3 Å². The highest BCUT2D eigenvalue weighted by atomic mass is 16.3. The molecular weight excluding hydrogens is 611 g/mol. The molecule has 9 aromatic rings. The van der Waals surface area contributed by atoms with E-state index in [1.54, 1.807) is 0 Å². The quantitative estimate of drug-likeness (QED) is 0.193. The number of rotatable bonds is 3. The largest absolute Gasteiger partial charge is 0.455 e. The van der Waals surface area contributed by atoms with Crippen molar-refractivity contribution < 1.29 is 4.42 Å². The van der Waals surface area contributed by atoms with Crippen LogP contribution in [0.4, 0.5) is 0 Å². The minimum atomic E-state index is -0.432. The molecule has 2 aliphatic rings. The SMILES string of the molecule is c1ccc(-c2nc(-c3ccccc3)nc(-c3cccc4c3oc3c5c(ccc34)C3(c4ccccc4-c4ccccc43)c3ccccc3-5)n2)cc1. The summed E-state index contributed by atoms with van der Waals surface area (Å²) in [7, 11) is 0. The highest BCUT2D eigenvalue weighted by Crippen LogP contribution is 2.64. The lowest BCUT2D eigenvalue weighted by molar-refractivity contribution is 0.669. The summed E-state index contributed by atoms with van der Waals surface area (Å²) in [6, 6.07) is 57.7. The highest BCUT2D eigenvalue weighted by Gasteiger charge is 2.52. The zero-order chi connectivity index (χ0) is 32.8. The van der Waals surface area contributed by atoms with Gasteiger partial charge in [0.2, 0.25) is 0 Å². The molecule has 0 unspecified atom stereocenters. The highest BCUT2D eigenvalue weighted by molar-refractivity contribution is 6.15. The topological polar surface area (TPSA) is 51.8 Å². The molecule has 232 valence electrons. The zero-order valence-corrected chi connectivity index (χ0v) is 26.8. The van der Waals surface area contributed by atoms with Gasteiger partial charge >= 0.3 is 0 Å². The summed E-state index contributed by atoms with van der Waals surface area (Å²) < 4.78 is 7.11. The lowest BCUT2D eigenvalue weighted by atomic mass is 9.70. The van der Waals surface area contributed by atoms with Gasteiger partial charge in [-0.2, -0.15) is 0 Å². The Labute approximate surface area is 288 Å². The van der Waals surface area contributed by atoms with Gasteiger partial charge in [0.15, 0.2) is 17.5 Å². The van der Waals surface area contributed by atoms with E-state index < -0.39 is 5.41 Å². The van der Waals surface area contributed by atoms with Crippen LogP contribution in [0.5, 0.6) is 0 Å². The van der Waals surface area contributed by atoms with Crippen molar-refractivity contribution in [3.63, 3.8) is 0 Å². The summed E-state index contributed by atoms with van der Waals surface area (Å²) in [6.45, 7) is 0. The van der Waals surface area contributed by atoms with Crippen LogP contribution in [-0.4, -0.2) is 15.0 Å². The van der Waals surface area contributed by atoms with Crippen molar-refractivity contribution in [2.75, 3.05) is 0 Å². The minimum absolute atomic E-state index is 0.432. The average Bonchev–Trinajstić information content (AvgIpc) is 3.83. The van der Waals surface area contributed by atoms with Crippen molar-refractivity contribution in [1.29, 1.82) is 0 Å². The molecule has 0 radical (unpaired) electrons. The van der Waals surface area contributed by atoms with Gasteiger partial charge in [-0.3, -0.25) is 0 Å². The Kier molecular flexibility index (Phi) is 5.56. The molecule has 0 amide bonds. The van der Waals surface area contributed by atoms with Crippen molar-refractivity contribution in [1.82, 2.24) is 15.0 Å². The van der Waals surface area contributed by atoms with Gasteiger partial charge in [0, 0.05) is 27.5 Å². The Morgan fingerprint density at radius 1 is 0.340 bits per heavy atom. The second-order valence-corrected chi connectivity index (χ2v) is 13.1. The number of fused-ring (bicyclic) bond motifs is 14. The summed E-state index contributed by atoms with van der Waals surface area (Å²) in [5.41, 5.74) is 14.0. The van der Waals surface area contributed by atoms with Crippen molar-refractivity contribution >= 4 is 21.9 Å². The molecule has 0 aliphatic heterocycles. The normalized spacial score (nSPS) is 13.4. The fourth-order valence-corrected chi connectivity index (χ4v) is 8.54. The third-order valence-electron chi connectivity index (χ3n) is 10.6. The van der Waals surface area contributed by atoms with Gasteiger partial charge < -0.3 is 4.42 Å². The molecule has 7 aromatic carbocycles. The molecule has 4 heteroatoms. The number of furan rings is 1. The van der Waals surface area contributed by atoms with Crippen LogP contribution in [0.25, 0.3) is 78.4 Å². The monoisotopic (exact) mass is 637 g/mol. The van der Waals surface area contributed by atoms with Crippen LogP contribution in [0.3, 0.4) is 0 Å². The van der Waals surface area contributed by atoms with Crippen molar-refractivity contribution in [2.45, 2.75) is 5.41 Å². The van der Waals surface area contributed by atoms with Crippen LogP contribution >= 0.6 is 0 Å². The van der Waals surface area contributed by atoms with Crippen LogP contribution in [0.15, 0.2) is 168 Å². The Balaban J connectivity index is 1.20. The first kappa shape index (κ1) is 27.3. The number of benzene rings is 7. The summed E-state index contributed by atoms with van der Waals surface area (Å²) in [5.74, 6) is 1.82. The molecule has 0 bridgehead atoms. The number of aromatic nitrogens is 3. The van der Waals surface area contributed by atoms with Crippen molar-refractivity contribution in [2.24, 2.45) is 0 Å². The van der Waals surface area contributed by atoms with Gasteiger partial charge in [-0.25, -0.2) is 15.0 Å². The Morgan fingerprint density at radius 3 is 1.44 bits per heavy atom. The maximum Gasteiger partial charge on any atom is 0.167 e. The van der Waals surface area contributed by atoms with Crippen LogP contribution in [0.2, 0.25) is 0 Å². The maximum absolute atomic E-state index is 7.11. The summed E-state index contributed by atoms with van der Waals surface area (Å²) in [5, 5.41) is 2.11. The predicted molar refractivity (Wildman–Crippen MR) is 200 cm³/mol. The molecule has 0 fully saturated rings. The van der Waals surface area contributed by atoms with Crippen LogP contribution in [0, 0.1) is 0 Å². The smallest absolute Gasteiger partial charge is 0.167 e. The lowest BCUT2D eigenvalue weighted by Crippen LogP contribution is -2.25. The van der Waals surface area contributed by atoms with Crippen LogP contribution in [-0.2, 0) is 5.41 Å². The first-order chi connectivity index (χ1) is 24.8. The van der Waals surface area contributed by atoms with Crippen molar-refractivity contribution in [3.8, 4) is 56.4 Å². The summed E-state index contributed by atoms with van der Waals surface area (Å²) in [6.07, 6.45) is 0. The lowest BCUT2D eigenvalue weighted by Gasteiger charge is -2.30.